The largest absolute Gasteiger partial charge is 0.544 e. The highest BCUT2D eigenvalue weighted by Gasteiger charge is 2.22. The molecule has 1 aromatic carbocycles. The van der Waals surface area contributed by atoms with Crippen molar-refractivity contribution >= 4 is 26.1 Å². The molecule has 0 heterocycles. The number of anilines is 1. The number of carboxylic acids is 1. The number of benzene rings is 1. The normalized spacial score (nSPS) is 11.7. The van der Waals surface area contributed by atoms with Crippen molar-refractivity contribution in [1.29, 1.82) is 0 Å². The molecule has 7 heteroatoms. The second-order valence-corrected chi connectivity index (χ2v) is 11.3. The van der Waals surface area contributed by atoms with Gasteiger partial charge in [-0.15, -0.1) is 0 Å². The summed E-state index contributed by atoms with van der Waals surface area (Å²) in [6.45, 7) is 11.1. The van der Waals surface area contributed by atoms with Crippen LogP contribution in [0.1, 0.15) is 31.1 Å². The van der Waals surface area contributed by atoms with E-state index in [9.17, 15) is 14.7 Å². The molecule has 0 aromatic heterocycles. The highest BCUT2D eigenvalue weighted by Crippen LogP contribution is 2.26. The van der Waals surface area contributed by atoms with Crippen molar-refractivity contribution in [3.63, 3.8) is 0 Å². The van der Waals surface area contributed by atoms with Gasteiger partial charge in [0.05, 0.1) is 0 Å². The zero-order valence-electron chi connectivity index (χ0n) is 13.8. The number of carboxylic acid groups (broad SMARTS) is 1. The number of rotatable bonds is 4. The van der Waals surface area contributed by atoms with E-state index in [0.717, 1.165) is 0 Å². The molecule has 122 valence electrons. The van der Waals surface area contributed by atoms with E-state index in [-0.39, 0.29) is 11.3 Å². The van der Waals surface area contributed by atoms with Crippen LogP contribution < -0.4 is 9.74 Å². The molecule has 1 amide bonds. The van der Waals surface area contributed by atoms with Crippen molar-refractivity contribution in [2.45, 2.75) is 46.0 Å². The average molecular weight is 325 g/mol. The van der Waals surface area contributed by atoms with Crippen LogP contribution >= 0.6 is 0 Å². The monoisotopic (exact) mass is 325 g/mol. The first-order chi connectivity index (χ1) is 9.87. The first-order valence-electron chi connectivity index (χ1n) is 6.94. The Balaban J connectivity index is 3.01. The number of aromatic carboxylic acids is 1. The third kappa shape index (κ3) is 6.17. The summed E-state index contributed by atoms with van der Waals surface area (Å²) in [5, 5.41) is 11.8. The second kappa shape index (κ2) is 6.39. The SMILES string of the molecule is CC(C)(C)OC(=O)Nc1ccc(C(=O)O)c(O[Si](C)(C)C)c1. The second-order valence-electron chi connectivity index (χ2n) is 6.86. The summed E-state index contributed by atoms with van der Waals surface area (Å²) >= 11 is 0. The van der Waals surface area contributed by atoms with Crippen LogP contribution in [0.2, 0.25) is 19.6 Å². The lowest BCUT2D eigenvalue weighted by atomic mass is 10.2. The number of carbonyl (C=O) groups excluding carboxylic acids is 1. The average Bonchev–Trinajstić information content (AvgIpc) is 2.23. The molecule has 0 radical (unpaired) electrons. The van der Waals surface area contributed by atoms with Crippen molar-refractivity contribution in [3.8, 4) is 5.75 Å². The van der Waals surface area contributed by atoms with Crippen LogP contribution in [0.5, 0.6) is 5.75 Å². The molecular weight excluding hydrogens is 302 g/mol. The topological polar surface area (TPSA) is 84.9 Å². The first-order valence-corrected chi connectivity index (χ1v) is 10.3. The summed E-state index contributed by atoms with van der Waals surface area (Å²) in [7, 11) is -1.98. The van der Waals surface area contributed by atoms with Crippen LogP contribution in [0.15, 0.2) is 18.2 Å². The number of hydrogen-bond donors (Lipinski definition) is 2. The van der Waals surface area contributed by atoms with Gasteiger partial charge in [0.25, 0.3) is 0 Å². The molecule has 0 saturated heterocycles. The maximum Gasteiger partial charge on any atom is 0.412 e. The number of carbonyl (C=O) groups is 2. The summed E-state index contributed by atoms with van der Waals surface area (Å²) < 4.78 is 10.9. The standard InChI is InChI=1S/C15H23NO5Si/c1-15(2,3)20-14(19)16-10-7-8-11(13(17)18)12(9-10)21-22(4,5)6/h7-9H,1-6H3,(H,16,19)(H,17,18). The van der Waals surface area contributed by atoms with Crippen molar-refractivity contribution in [1.82, 2.24) is 0 Å². The Labute approximate surface area is 131 Å². The fourth-order valence-corrected chi connectivity index (χ4v) is 2.44. The number of ether oxygens (including phenoxy) is 1. The Morgan fingerprint density at radius 2 is 1.77 bits per heavy atom. The zero-order valence-corrected chi connectivity index (χ0v) is 14.8. The molecule has 0 saturated carbocycles. The van der Waals surface area contributed by atoms with Gasteiger partial charge in [0.2, 0.25) is 8.32 Å². The molecule has 0 aliphatic rings. The predicted molar refractivity (Wildman–Crippen MR) is 87.2 cm³/mol. The molecule has 0 spiro atoms. The molecule has 22 heavy (non-hydrogen) atoms. The number of nitrogens with one attached hydrogen (secondary N) is 1. The van der Waals surface area contributed by atoms with Gasteiger partial charge in [-0.3, -0.25) is 5.32 Å². The van der Waals surface area contributed by atoms with Gasteiger partial charge in [0, 0.05) is 11.8 Å². The molecule has 0 atom stereocenters. The Hall–Kier alpha value is -2.02. The van der Waals surface area contributed by atoms with Gasteiger partial charge >= 0.3 is 12.1 Å². The van der Waals surface area contributed by atoms with E-state index in [1.807, 2.05) is 19.6 Å². The van der Waals surface area contributed by atoms with Gasteiger partial charge in [0.15, 0.2) is 0 Å². The van der Waals surface area contributed by atoms with Crippen LogP contribution in [-0.2, 0) is 4.74 Å². The van der Waals surface area contributed by atoms with Crippen LogP contribution in [0.4, 0.5) is 10.5 Å². The zero-order chi connectivity index (χ0) is 17.1. The Kier molecular flexibility index (Phi) is 5.24. The molecular formula is C15H23NO5Si. The number of amides is 1. The summed E-state index contributed by atoms with van der Waals surface area (Å²) in [4.78, 5) is 23.0. The molecule has 0 fully saturated rings. The van der Waals surface area contributed by atoms with Crippen molar-refractivity contribution in [2.24, 2.45) is 0 Å². The Morgan fingerprint density at radius 1 is 1.18 bits per heavy atom. The molecule has 1 aromatic rings. The van der Waals surface area contributed by atoms with E-state index in [0.29, 0.717) is 5.69 Å². The van der Waals surface area contributed by atoms with Crippen LogP contribution in [-0.4, -0.2) is 31.1 Å². The fraction of sp³-hybridized carbons (Fsp3) is 0.467. The lowest BCUT2D eigenvalue weighted by Crippen LogP contribution is -2.30. The lowest BCUT2D eigenvalue weighted by molar-refractivity contribution is 0.0634. The highest BCUT2D eigenvalue weighted by molar-refractivity contribution is 6.70. The molecule has 0 bridgehead atoms. The van der Waals surface area contributed by atoms with E-state index >= 15 is 0 Å². The smallest absolute Gasteiger partial charge is 0.412 e. The summed E-state index contributed by atoms with van der Waals surface area (Å²) in [5.74, 6) is -0.822. The maximum atomic E-state index is 11.8. The molecule has 1 rings (SSSR count). The quantitative estimate of drug-likeness (QED) is 0.819. The fourth-order valence-electron chi connectivity index (χ4n) is 1.61. The third-order valence-electron chi connectivity index (χ3n) is 2.27. The van der Waals surface area contributed by atoms with Crippen LogP contribution in [0.3, 0.4) is 0 Å². The van der Waals surface area contributed by atoms with E-state index < -0.39 is 26.0 Å². The van der Waals surface area contributed by atoms with Gasteiger partial charge in [0.1, 0.15) is 16.9 Å². The van der Waals surface area contributed by atoms with Gasteiger partial charge in [-0.05, 0) is 52.5 Å². The minimum absolute atomic E-state index is 0.0668. The highest BCUT2D eigenvalue weighted by atomic mass is 28.4. The molecule has 6 nitrogen and oxygen atoms in total. The molecule has 0 aliphatic carbocycles. The van der Waals surface area contributed by atoms with Crippen LogP contribution in [0, 0.1) is 0 Å². The van der Waals surface area contributed by atoms with E-state index in [2.05, 4.69) is 5.32 Å². The van der Waals surface area contributed by atoms with E-state index in [4.69, 9.17) is 9.16 Å². The number of hydrogen-bond acceptors (Lipinski definition) is 4. The summed E-state index contributed by atoms with van der Waals surface area (Å²) in [5.41, 5.74) is -0.118. The Morgan fingerprint density at radius 3 is 2.23 bits per heavy atom. The molecule has 2 N–H and O–H groups in total. The lowest BCUT2D eigenvalue weighted by Gasteiger charge is -2.22. The van der Waals surface area contributed by atoms with Gasteiger partial charge < -0.3 is 14.3 Å². The van der Waals surface area contributed by atoms with Crippen molar-refractivity contribution in [3.05, 3.63) is 23.8 Å². The van der Waals surface area contributed by atoms with Crippen molar-refractivity contribution < 1.29 is 23.9 Å². The first kappa shape index (κ1) is 18.0. The third-order valence-corrected chi connectivity index (χ3v) is 3.11. The van der Waals surface area contributed by atoms with E-state index in [1.165, 1.54) is 18.2 Å². The Bertz CT molecular complexity index is 572. The molecule has 0 unspecified atom stereocenters. The summed E-state index contributed by atoms with van der Waals surface area (Å²) in [6, 6.07) is 4.42. The van der Waals surface area contributed by atoms with Crippen molar-refractivity contribution in [2.75, 3.05) is 5.32 Å². The van der Waals surface area contributed by atoms with Crippen LogP contribution in [0.25, 0.3) is 0 Å². The van der Waals surface area contributed by atoms with Gasteiger partial charge in [-0.25, -0.2) is 9.59 Å². The van der Waals surface area contributed by atoms with E-state index in [1.54, 1.807) is 20.8 Å². The predicted octanol–water partition coefficient (Wildman–Crippen LogP) is 3.95. The minimum atomic E-state index is -1.98. The van der Waals surface area contributed by atoms with Gasteiger partial charge in [-0.2, -0.15) is 0 Å². The maximum absolute atomic E-state index is 11.8. The van der Waals surface area contributed by atoms with Gasteiger partial charge in [-0.1, -0.05) is 0 Å². The molecule has 0 aliphatic heterocycles. The minimum Gasteiger partial charge on any atom is -0.544 e. The summed E-state index contributed by atoms with van der Waals surface area (Å²) in [6.07, 6.45) is -0.602.